The average molecular weight is 401 g/mol. The Morgan fingerprint density at radius 2 is 1.79 bits per heavy atom. The van der Waals surface area contributed by atoms with Gasteiger partial charge in [-0.05, 0) is 46.2 Å². The van der Waals surface area contributed by atoms with Gasteiger partial charge in [0.05, 0.1) is 5.56 Å². The minimum absolute atomic E-state index is 0.173. The fraction of sp³-hybridized carbons (Fsp3) is 0.211. The van der Waals surface area contributed by atoms with Crippen LogP contribution < -0.4 is 0 Å². The molecule has 29 heavy (non-hydrogen) atoms. The maximum atomic E-state index is 12.9. The second-order valence-electron chi connectivity index (χ2n) is 6.60. The van der Waals surface area contributed by atoms with Gasteiger partial charge in [0, 0.05) is 5.71 Å². The number of tetrazole rings is 1. The predicted octanol–water partition coefficient (Wildman–Crippen LogP) is 3.76. The predicted molar refractivity (Wildman–Crippen MR) is 96.7 cm³/mol. The van der Waals surface area contributed by atoms with Crippen molar-refractivity contribution in [3.8, 4) is 11.1 Å². The van der Waals surface area contributed by atoms with Crippen molar-refractivity contribution >= 4 is 17.6 Å². The molecule has 10 heteroatoms. The van der Waals surface area contributed by atoms with Gasteiger partial charge in [0.25, 0.3) is 5.95 Å². The van der Waals surface area contributed by atoms with Crippen LogP contribution in [0.5, 0.6) is 0 Å². The molecule has 148 valence electrons. The molecule has 3 aromatic rings. The first-order valence-corrected chi connectivity index (χ1v) is 8.60. The normalized spacial score (nSPS) is 18.8. The molecule has 2 atom stereocenters. The van der Waals surface area contributed by atoms with Gasteiger partial charge in [0.15, 0.2) is 0 Å². The van der Waals surface area contributed by atoms with Crippen LogP contribution in [0.4, 0.5) is 19.1 Å². The molecule has 0 bridgehead atoms. The summed E-state index contributed by atoms with van der Waals surface area (Å²) in [5.41, 5.74) is 1.26. The number of carboxylic acid groups (broad SMARTS) is 1. The van der Waals surface area contributed by atoms with Crippen molar-refractivity contribution in [3.63, 3.8) is 0 Å². The average Bonchev–Trinajstić information content (AvgIpc) is 3.14. The molecule has 0 aliphatic carbocycles. The third kappa shape index (κ3) is 3.26. The van der Waals surface area contributed by atoms with Crippen molar-refractivity contribution in [2.45, 2.75) is 19.1 Å². The highest BCUT2D eigenvalue weighted by Crippen LogP contribution is 2.40. The molecule has 1 aromatic heterocycles. The van der Waals surface area contributed by atoms with Crippen LogP contribution in [0.3, 0.4) is 0 Å². The summed E-state index contributed by atoms with van der Waals surface area (Å²) >= 11 is 0. The number of aliphatic imine (C=N–C) groups is 1. The number of carbonyl (C=O) groups is 1. The SMILES string of the molecule is CC1=Nc2nnnn2C(c2ccccc2-c2ccc(C(F)(F)F)cc2)C1C(=O)O. The zero-order valence-corrected chi connectivity index (χ0v) is 15.0. The Morgan fingerprint density at radius 1 is 1.10 bits per heavy atom. The van der Waals surface area contributed by atoms with Crippen molar-refractivity contribution < 1.29 is 23.1 Å². The topological polar surface area (TPSA) is 93.3 Å². The first kappa shape index (κ1) is 18.8. The van der Waals surface area contributed by atoms with Crippen LogP contribution in [-0.2, 0) is 11.0 Å². The van der Waals surface area contributed by atoms with Gasteiger partial charge in [-0.15, -0.1) is 0 Å². The van der Waals surface area contributed by atoms with Crippen LogP contribution in [-0.4, -0.2) is 37.0 Å². The number of hydrogen-bond donors (Lipinski definition) is 1. The van der Waals surface area contributed by atoms with E-state index in [2.05, 4.69) is 20.5 Å². The van der Waals surface area contributed by atoms with Crippen molar-refractivity contribution in [1.29, 1.82) is 0 Å². The van der Waals surface area contributed by atoms with Gasteiger partial charge < -0.3 is 5.11 Å². The van der Waals surface area contributed by atoms with Gasteiger partial charge >= 0.3 is 12.1 Å². The zero-order chi connectivity index (χ0) is 20.8. The smallest absolute Gasteiger partial charge is 0.416 e. The molecular formula is C19H14F3N5O2. The van der Waals surface area contributed by atoms with E-state index in [1.54, 1.807) is 31.2 Å². The van der Waals surface area contributed by atoms with Crippen LogP contribution in [0.1, 0.15) is 24.1 Å². The van der Waals surface area contributed by atoms with E-state index in [1.807, 2.05) is 0 Å². The molecule has 0 radical (unpaired) electrons. The summed E-state index contributed by atoms with van der Waals surface area (Å²) in [6.45, 7) is 1.59. The van der Waals surface area contributed by atoms with Crippen molar-refractivity contribution in [2.24, 2.45) is 10.9 Å². The van der Waals surface area contributed by atoms with E-state index >= 15 is 0 Å². The minimum Gasteiger partial charge on any atom is -0.481 e. The van der Waals surface area contributed by atoms with Crippen LogP contribution in [0.2, 0.25) is 0 Å². The van der Waals surface area contributed by atoms with E-state index in [4.69, 9.17) is 0 Å². The van der Waals surface area contributed by atoms with Gasteiger partial charge in [0.2, 0.25) is 0 Å². The fourth-order valence-electron chi connectivity index (χ4n) is 3.52. The van der Waals surface area contributed by atoms with Gasteiger partial charge in [-0.3, -0.25) is 4.79 Å². The molecule has 0 fully saturated rings. The summed E-state index contributed by atoms with van der Waals surface area (Å²) in [4.78, 5) is 16.2. The highest BCUT2D eigenvalue weighted by Gasteiger charge is 2.40. The summed E-state index contributed by atoms with van der Waals surface area (Å²) in [5.74, 6) is -1.95. The lowest BCUT2D eigenvalue weighted by Crippen LogP contribution is -2.36. The second-order valence-corrected chi connectivity index (χ2v) is 6.60. The van der Waals surface area contributed by atoms with E-state index in [0.717, 1.165) is 12.1 Å². The molecule has 1 aliphatic rings. The summed E-state index contributed by atoms with van der Waals surface area (Å²) in [5, 5.41) is 21.1. The maximum absolute atomic E-state index is 12.9. The van der Waals surface area contributed by atoms with Crippen molar-refractivity contribution in [3.05, 3.63) is 59.7 Å². The van der Waals surface area contributed by atoms with Crippen molar-refractivity contribution in [1.82, 2.24) is 20.2 Å². The van der Waals surface area contributed by atoms with E-state index < -0.39 is 29.7 Å². The molecule has 0 amide bonds. The van der Waals surface area contributed by atoms with Crippen molar-refractivity contribution in [2.75, 3.05) is 0 Å². The number of hydrogen-bond acceptors (Lipinski definition) is 5. The summed E-state index contributed by atoms with van der Waals surface area (Å²) in [6.07, 6.45) is -4.44. The number of carboxylic acids is 1. The monoisotopic (exact) mass is 401 g/mol. The third-order valence-corrected chi connectivity index (χ3v) is 4.85. The quantitative estimate of drug-likeness (QED) is 0.721. The molecule has 2 unspecified atom stereocenters. The number of fused-ring (bicyclic) bond motifs is 1. The number of aliphatic carboxylic acids is 1. The molecule has 0 saturated carbocycles. The summed E-state index contributed by atoms with van der Waals surface area (Å²) in [6, 6.07) is 10.8. The summed E-state index contributed by atoms with van der Waals surface area (Å²) in [7, 11) is 0. The Labute approximate surface area is 162 Å². The Morgan fingerprint density at radius 3 is 2.45 bits per heavy atom. The van der Waals surface area contributed by atoms with Crippen LogP contribution >= 0.6 is 0 Å². The van der Waals surface area contributed by atoms with Gasteiger partial charge in [-0.2, -0.15) is 13.2 Å². The Hall–Kier alpha value is -3.56. The number of halogens is 3. The van der Waals surface area contributed by atoms with E-state index in [1.165, 1.54) is 16.8 Å². The number of nitrogens with zero attached hydrogens (tertiary/aromatic N) is 5. The lowest BCUT2D eigenvalue weighted by molar-refractivity contribution is -0.140. The minimum atomic E-state index is -4.44. The Bertz CT molecular complexity index is 1110. The molecule has 1 N–H and O–H groups in total. The standard InChI is InChI=1S/C19H14F3N5O2/c1-10-15(17(28)29)16(27-18(23-10)24-25-26-27)14-5-3-2-4-13(14)11-6-8-12(9-7-11)19(20,21)22/h2-9,15-16H,1H3,(H,28,29). The van der Waals surface area contributed by atoms with Gasteiger partial charge in [0.1, 0.15) is 12.0 Å². The molecule has 2 heterocycles. The number of alkyl halides is 3. The van der Waals surface area contributed by atoms with E-state index in [0.29, 0.717) is 22.4 Å². The van der Waals surface area contributed by atoms with Crippen LogP contribution in [0, 0.1) is 5.92 Å². The molecule has 7 nitrogen and oxygen atoms in total. The largest absolute Gasteiger partial charge is 0.481 e. The lowest BCUT2D eigenvalue weighted by atomic mass is 9.84. The van der Waals surface area contributed by atoms with Gasteiger partial charge in [-0.1, -0.05) is 41.5 Å². The molecule has 2 aromatic carbocycles. The van der Waals surface area contributed by atoms with E-state index in [-0.39, 0.29) is 5.95 Å². The fourth-order valence-corrected chi connectivity index (χ4v) is 3.52. The zero-order valence-electron chi connectivity index (χ0n) is 15.0. The van der Waals surface area contributed by atoms with E-state index in [9.17, 15) is 23.1 Å². The third-order valence-electron chi connectivity index (χ3n) is 4.85. The Kier molecular flexibility index (Phi) is 4.40. The van der Waals surface area contributed by atoms with Crippen LogP contribution in [0.25, 0.3) is 11.1 Å². The molecular weight excluding hydrogens is 387 g/mol. The lowest BCUT2D eigenvalue weighted by Gasteiger charge is -2.29. The van der Waals surface area contributed by atoms with Crippen LogP contribution in [0.15, 0.2) is 53.5 Å². The number of rotatable bonds is 3. The maximum Gasteiger partial charge on any atom is 0.416 e. The molecule has 4 rings (SSSR count). The molecule has 0 spiro atoms. The second kappa shape index (κ2) is 6.80. The first-order valence-electron chi connectivity index (χ1n) is 8.60. The number of aromatic nitrogens is 4. The molecule has 0 saturated heterocycles. The highest BCUT2D eigenvalue weighted by molar-refractivity contribution is 6.03. The Balaban J connectivity index is 1.86. The summed E-state index contributed by atoms with van der Waals surface area (Å²) < 4.78 is 40.0. The molecule has 1 aliphatic heterocycles. The van der Waals surface area contributed by atoms with Gasteiger partial charge in [-0.25, -0.2) is 9.67 Å². The number of benzene rings is 2. The highest BCUT2D eigenvalue weighted by atomic mass is 19.4. The first-order chi connectivity index (χ1) is 13.8.